The second kappa shape index (κ2) is 10.8. The number of hydrogen-bond donors (Lipinski definition) is 1. The highest BCUT2D eigenvalue weighted by Gasteiger charge is 2.47. The largest absolute Gasteiger partial charge is 0.507 e. The number of carbonyl (C=O) groups is 2. The van der Waals surface area contributed by atoms with Crippen LogP contribution in [0.2, 0.25) is 0 Å². The van der Waals surface area contributed by atoms with E-state index in [0.717, 1.165) is 29.9 Å². The van der Waals surface area contributed by atoms with Crippen LogP contribution in [0.25, 0.3) is 5.76 Å². The van der Waals surface area contributed by atoms with E-state index in [1.54, 1.807) is 18.2 Å². The number of Topliss-reactive ketones (excluding diaryl/α,β-unsaturated/α-hetero) is 1. The first-order chi connectivity index (χ1) is 18.8. The number of carbonyl (C=O) groups excluding carboxylic acids is 2. The molecule has 0 radical (unpaired) electrons. The maximum Gasteiger partial charge on any atom is 0.300 e. The van der Waals surface area contributed by atoms with Gasteiger partial charge >= 0.3 is 0 Å². The molecule has 0 saturated carbocycles. The first kappa shape index (κ1) is 26.4. The third kappa shape index (κ3) is 4.85. The van der Waals surface area contributed by atoms with Crippen molar-refractivity contribution in [3.8, 4) is 11.5 Å². The van der Waals surface area contributed by atoms with Gasteiger partial charge in [0.05, 0.1) is 11.6 Å². The zero-order valence-corrected chi connectivity index (χ0v) is 22.8. The van der Waals surface area contributed by atoms with Gasteiger partial charge in [-0.25, -0.2) is 0 Å². The van der Waals surface area contributed by atoms with E-state index in [9.17, 15) is 14.7 Å². The fraction of sp³-hybridized carbons (Fsp3) is 0.312. The summed E-state index contributed by atoms with van der Waals surface area (Å²) in [7, 11) is 0. The van der Waals surface area contributed by atoms with E-state index < -0.39 is 17.7 Å². The number of aliphatic hydroxyl groups is 1. The topological polar surface area (TPSA) is 79.3 Å². The summed E-state index contributed by atoms with van der Waals surface area (Å²) in [5.74, 6) is -0.258. The van der Waals surface area contributed by atoms with E-state index in [1.807, 2.05) is 48.5 Å². The summed E-state index contributed by atoms with van der Waals surface area (Å²) in [6, 6.07) is 19.7. The highest BCUT2D eigenvalue weighted by Crippen LogP contribution is 2.43. The Bertz CT molecular complexity index is 1410. The van der Waals surface area contributed by atoms with Gasteiger partial charge in [0.15, 0.2) is 11.5 Å². The summed E-state index contributed by atoms with van der Waals surface area (Å²) in [6.45, 7) is 11.0. The summed E-state index contributed by atoms with van der Waals surface area (Å²) in [6.07, 6.45) is 0. The predicted octanol–water partition coefficient (Wildman–Crippen LogP) is 6.05. The monoisotopic (exact) mass is 526 g/mol. The zero-order valence-electron chi connectivity index (χ0n) is 22.8. The molecule has 1 atom stereocenters. The molecule has 1 amide bonds. The molecule has 2 aliphatic heterocycles. The summed E-state index contributed by atoms with van der Waals surface area (Å²) >= 11 is 0. The van der Waals surface area contributed by atoms with Gasteiger partial charge in [-0.2, -0.15) is 0 Å². The number of hydrogen-bond acceptors (Lipinski definition) is 6. The normalized spacial score (nSPS) is 18.1. The molecular weight excluding hydrogens is 492 g/mol. The molecule has 2 heterocycles. The highest BCUT2D eigenvalue weighted by atomic mass is 16.6. The first-order valence-electron chi connectivity index (χ1n) is 13.5. The highest BCUT2D eigenvalue weighted by molar-refractivity contribution is 6.51. The number of rotatable bonds is 7. The molecule has 3 aromatic rings. The van der Waals surface area contributed by atoms with Gasteiger partial charge in [-0.05, 0) is 73.4 Å². The molecule has 5 rings (SSSR count). The Morgan fingerprint density at radius 3 is 2.18 bits per heavy atom. The molecule has 0 spiro atoms. The minimum absolute atomic E-state index is 0.0419. The number of benzene rings is 3. The molecule has 1 unspecified atom stereocenters. The van der Waals surface area contributed by atoms with Crippen molar-refractivity contribution in [3.63, 3.8) is 0 Å². The minimum atomic E-state index is -0.797. The fourth-order valence-corrected chi connectivity index (χ4v) is 5.24. The van der Waals surface area contributed by atoms with Gasteiger partial charge in [0.1, 0.15) is 19.0 Å². The van der Waals surface area contributed by atoms with Gasteiger partial charge in [0, 0.05) is 30.0 Å². The van der Waals surface area contributed by atoms with E-state index in [0.29, 0.717) is 41.9 Å². The smallest absolute Gasteiger partial charge is 0.300 e. The van der Waals surface area contributed by atoms with Crippen LogP contribution in [0.4, 0.5) is 11.4 Å². The maximum atomic E-state index is 13.5. The van der Waals surface area contributed by atoms with Crippen molar-refractivity contribution in [1.82, 2.24) is 0 Å². The number of ketones is 1. The van der Waals surface area contributed by atoms with Crippen molar-refractivity contribution >= 4 is 28.8 Å². The number of ether oxygens (including phenoxy) is 2. The summed E-state index contributed by atoms with van der Waals surface area (Å²) in [5.41, 5.74) is 3.94. The van der Waals surface area contributed by atoms with Crippen molar-refractivity contribution in [2.24, 2.45) is 0 Å². The van der Waals surface area contributed by atoms with Crippen molar-refractivity contribution in [1.29, 1.82) is 0 Å². The lowest BCUT2D eigenvalue weighted by molar-refractivity contribution is -0.132. The maximum absolute atomic E-state index is 13.5. The molecule has 2 aliphatic rings. The van der Waals surface area contributed by atoms with Crippen LogP contribution in [-0.2, 0) is 9.59 Å². The lowest BCUT2D eigenvalue weighted by Gasteiger charge is -2.27. The van der Waals surface area contributed by atoms with Crippen molar-refractivity contribution < 1.29 is 24.2 Å². The van der Waals surface area contributed by atoms with E-state index in [1.165, 1.54) is 4.90 Å². The predicted molar refractivity (Wildman–Crippen MR) is 153 cm³/mol. The van der Waals surface area contributed by atoms with Gasteiger partial charge in [-0.15, -0.1) is 0 Å². The van der Waals surface area contributed by atoms with Gasteiger partial charge in [0.2, 0.25) is 0 Å². The lowest BCUT2D eigenvalue weighted by atomic mass is 9.94. The summed E-state index contributed by atoms with van der Waals surface area (Å²) in [5, 5.41) is 11.5. The number of aliphatic hydroxyl groups excluding tert-OH is 1. The Kier molecular flexibility index (Phi) is 7.33. The van der Waals surface area contributed by atoms with Gasteiger partial charge in [-0.3, -0.25) is 14.5 Å². The van der Waals surface area contributed by atoms with Crippen LogP contribution in [0.3, 0.4) is 0 Å². The third-order valence-corrected chi connectivity index (χ3v) is 7.44. The van der Waals surface area contributed by atoms with Crippen LogP contribution in [-0.4, -0.2) is 43.1 Å². The molecule has 1 N–H and O–H groups in total. The third-order valence-electron chi connectivity index (χ3n) is 7.44. The summed E-state index contributed by atoms with van der Waals surface area (Å²) in [4.78, 5) is 30.8. The molecule has 0 aromatic heterocycles. The first-order valence-corrected chi connectivity index (χ1v) is 13.5. The molecular formula is C32H34N2O5. The van der Waals surface area contributed by atoms with Crippen molar-refractivity contribution in [3.05, 3.63) is 89.0 Å². The molecule has 1 saturated heterocycles. The van der Waals surface area contributed by atoms with Gasteiger partial charge in [0.25, 0.3) is 11.7 Å². The van der Waals surface area contributed by atoms with Crippen LogP contribution < -0.4 is 19.3 Å². The Labute approximate surface area is 229 Å². The molecule has 0 aliphatic carbocycles. The number of anilines is 2. The molecule has 39 heavy (non-hydrogen) atoms. The number of nitrogens with zero attached hydrogens (tertiary/aromatic N) is 2. The van der Waals surface area contributed by atoms with Crippen LogP contribution in [0.5, 0.6) is 11.5 Å². The van der Waals surface area contributed by atoms with Crippen LogP contribution in [0.15, 0.2) is 72.3 Å². The van der Waals surface area contributed by atoms with E-state index in [2.05, 4.69) is 32.6 Å². The molecule has 1 fully saturated rings. The fourth-order valence-electron chi connectivity index (χ4n) is 5.24. The Morgan fingerprint density at radius 2 is 1.56 bits per heavy atom. The van der Waals surface area contributed by atoms with Crippen molar-refractivity contribution in [2.45, 2.75) is 39.7 Å². The van der Waals surface area contributed by atoms with Gasteiger partial charge in [-0.1, -0.05) is 38.1 Å². The minimum Gasteiger partial charge on any atom is -0.507 e. The van der Waals surface area contributed by atoms with E-state index >= 15 is 0 Å². The molecule has 7 heteroatoms. The molecule has 3 aromatic carbocycles. The average molecular weight is 527 g/mol. The van der Waals surface area contributed by atoms with Gasteiger partial charge < -0.3 is 19.5 Å². The Hall–Kier alpha value is -4.26. The van der Waals surface area contributed by atoms with Crippen LogP contribution in [0.1, 0.15) is 56.3 Å². The Balaban J connectivity index is 1.64. The SMILES string of the molecule is CCN(CC)c1ccc(C2/C(=C(/O)c3ccc4c(c3)OCCO4)C(=O)C(=O)N2c2ccc(C(C)C)cc2)cc1. The van der Waals surface area contributed by atoms with Crippen LogP contribution in [0, 0.1) is 0 Å². The van der Waals surface area contributed by atoms with Crippen molar-refractivity contribution in [2.75, 3.05) is 36.1 Å². The van der Waals surface area contributed by atoms with E-state index in [4.69, 9.17) is 9.47 Å². The second-order valence-electron chi connectivity index (χ2n) is 10.0. The standard InChI is InChI=1S/C32H34N2O5/c1-5-33(6-2)24-12-9-22(10-13-24)29-28(30(35)23-11-16-26-27(19-23)39-18-17-38-26)31(36)32(37)34(29)25-14-7-21(8-15-25)20(3)4/h7-16,19-20,29,35H,5-6,17-18H2,1-4H3/b30-28-. The van der Waals surface area contributed by atoms with Crippen LogP contribution >= 0.6 is 0 Å². The number of fused-ring (bicyclic) bond motifs is 1. The zero-order chi connectivity index (χ0) is 27.7. The second-order valence-corrected chi connectivity index (χ2v) is 10.0. The Morgan fingerprint density at radius 1 is 0.923 bits per heavy atom. The molecule has 202 valence electrons. The van der Waals surface area contributed by atoms with E-state index in [-0.39, 0.29) is 11.3 Å². The quantitative estimate of drug-likeness (QED) is 0.229. The molecule has 0 bridgehead atoms. The average Bonchev–Trinajstić information content (AvgIpc) is 3.23. The lowest BCUT2D eigenvalue weighted by Crippen LogP contribution is -2.29. The number of amides is 1. The molecule has 7 nitrogen and oxygen atoms in total. The summed E-state index contributed by atoms with van der Waals surface area (Å²) < 4.78 is 11.3.